The van der Waals surface area contributed by atoms with E-state index < -0.39 is 0 Å². The SMILES string of the molecule is COc1ccc(-c2cc(NC(C)=O)sn2)cc1. The Labute approximate surface area is 103 Å². The molecular formula is C12H12N2O2S. The molecule has 1 N–H and O–H groups in total. The number of nitrogens with zero attached hydrogens (tertiary/aromatic N) is 1. The summed E-state index contributed by atoms with van der Waals surface area (Å²) in [7, 11) is 1.63. The number of ether oxygens (including phenoxy) is 1. The van der Waals surface area contributed by atoms with Crippen LogP contribution in [-0.4, -0.2) is 17.4 Å². The molecule has 2 rings (SSSR count). The quantitative estimate of drug-likeness (QED) is 0.908. The van der Waals surface area contributed by atoms with Crippen LogP contribution in [0.25, 0.3) is 11.3 Å². The monoisotopic (exact) mass is 248 g/mol. The third-order valence-electron chi connectivity index (χ3n) is 2.20. The fraction of sp³-hybridized carbons (Fsp3) is 0.167. The lowest BCUT2D eigenvalue weighted by molar-refractivity contribution is -0.114. The molecule has 1 aromatic carbocycles. The lowest BCUT2D eigenvalue weighted by Crippen LogP contribution is -2.03. The standard InChI is InChI=1S/C12H12N2O2S/c1-8(15)13-12-7-11(14-17-12)9-3-5-10(16-2)6-4-9/h3-7H,1-2H3,(H,13,15). The lowest BCUT2D eigenvalue weighted by Gasteiger charge is -2.00. The van der Waals surface area contributed by atoms with Gasteiger partial charge in [0, 0.05) is 18.6 Å². The van der Waals surface area contributed by atoms with E-state index in [2.05, 4.69) is 9.69 Å². The second kappa shape index (κ2) is 4.97. The average molecular weight is 248 g/mol. The maximum Gasteiger partial charge on any atom is 0.221 e. The Morgan fingerprint density at radius 2 is 2.06 bits per heavy atom. The number of nitrogens with one attached hydrogen (secondary N) is 1. The molecule has 0 aliphatic rings. The molecule has 0 aliphatic carbocycles. The fourth-order valence-corrected chi connectivity index (χ4v) is 2.11. The smallest absolute Gasteiger partial charge is 0.221 e. The van der Waals surface area contributed by atoms with Gasteiger partial charge in [-0.2, -0.15) is 4.37 Å². The molecule has 1 amide bonds. The summed E-state index contributed by atoms with van der Waals surface area (Å²) in [6, 6.07) is 9.49. The van der Waals surface area contributed by atoms with Crippen LogP contribution < -0.4 is 10.1 Å². The maximum absolute atomic E-state index is 10.9. The molecule has 0 atom stereocenters. The Hall–Kier alpha value is -1.88. The second-order valence-corrected chi connectivity index (χ2v) is 4.29. The number of aromatic nitrogens is 1. The highest BCUT2D eigenvalue weighted by atomic mass is 32.1. The first kappa shape index (κ1) is 11.6. The highest BCUT2D eigenvalue weighted by Crippen LogP contribution is 2.26. The highest BCUT2D eigenvalue weighted by Gasteiger charge is 2.05. The van der Waals surface area contributed by atoms with Crippen LogP contribution in [-0.2, 0) is 4.79 Å². The van der Waals surface area contributed by atoms with Crippen molar-refractivity contribution in [2.45, 2.75) is 6.92 Å². The predicted molar refractivity (Wildman–Crippen MR) is 68.4 cm³/mol. The first-order valence-corrected chi connectivity index (χ1v) is 5.85. The maximum atomic E-state index is 10.9. The zero-order chi connectivity index (χ0) is 12.3. The summed E-state index contributed by atoms with van der Waals surface area (Å²) in [5, 5.41) is 3.46. The van der Waals surface area contributed by atoms with Crippen LogP contribution in [0.3, 0.4) is 0 Å². The highest BCUT2D eigenvalue weighted by molar-refractivity contribution is 7.10. The van der Waals surface area contributed by atoms with E-state index in [1.807, 2.05) is 30.3 Å². The summed E-state index contributed by atoms with van der Waals surface area (Å²) in [4.78, 5) is 10.9. The predicted octanol–water partition coefficient (Wildman–Crippen LogP) is 2.78. The molecule has 0 fully saturated rings. The van der Waals surface area contributed by atoms with Crippen LogP contribution in [0.2, 0.25) is 0 Å². The number of carbonyl (C=O) groups is 1. The molecule has 0 saturated heterocycles. The van der Waals surface area contributed by atoms with Crippen molar-refractivity contribution >= 4 is 22.4 Å². The molecule has 0 bridgehead atoms. The topological polar surface area (TPSA) is 51.2 Å². The summed E-state index contributed by atoms with van der Waals surface area (Å²) in [6.07, 6.45) is 0. The number of carbonyl (C=O) groups excluding carboxylic acids is 1. The van der Waals surface area contributed by atoms with Gasteiger partial charge in [-0.15, -0.1) is 0 Å². The van der Waals surface area contributed by atoms with Gasteiger partial charge in [0.25, 0.3) is 0 Å². The van der Waals surface area contributed by atoms with Crippen molar-refractivity contribution in [1.29, 1.82) is 0 Å². The molecule has 1 aromatic heterocycles. The van der Waals surface area contributed by atoms with Gasteiger partial charge in [0.15, 0.2) is 0 Å². The normalized spacial score (nSPS) is 10.0. The molecule has 0 unspecified atom stereocenters. The minimum Gasteiger partial charge on any atom is -0.497 e. The number of methoxy groups -OCH3 is 1. The molecule has 17 heavy (non-hydrogen) atoms. The minimum absolute atomic E-state index is 0.0880. The molecule has 0 radical (unpaired) electrons. The Balaban J connectivity index is 2.21. The Kier molecular flexibility index (Phi) is 3.39. The van der Waals surface area contributed by atoms with Gasteiger partial charge in [0.1, 0.15) is 10.8 Å². The molecule has 5 heteroatoms. The Morgan fingerprint density at radius 1 is 1.35 bits per heavy atom. The van der Waals surface area contributed by atoms with Gasteiger partial charge in [-0.25, -0.2) is 0 Å². The molecule has 2 aromatic rings. The van der Waals surface area contributed by atoms with E-state index in [-0.39, 0.29) is 5.91 Å². The van der Waals surface area contributed by atoms with E-state index in [9.17, 15) is 4.79 Å². The van der Waals surface area contributed by atoms with E-state index in [4.69, 9.17) is 4.74 Å². The summed E-state index contributed by atoms with van der Waals surface area (Å²) < 4.78 is 9.37. The zero-order valence-corrected chi connectivity index (χ0v) is 10.4. The number of amides is 1. The number of benzene rings is 1. The first-order valence-electron chi connectivity index (χ1n) is 5.08. The summed E-state index contributed by atoms with van der Waals surface area (Å²) in [5.41, 5.74) is 1.85. The van der Waals surface area contributed by atoms with Gasteiger partial charge >= 0.3 is 0 Å². The second-order valence-electron chi connectivity index (χ2n) is 3.49. The van der Waals surface area contributed by atoms with E-state index in [0.29, 0.717) is 0 Å². The molecular weight excluding hydrogens is 236 g/mol. The van der Waals surface area contributed by atoms with Gasteiger partial charge in [-0.1, -0.05) is 0 Å². The third-order valence-corrected chi connectivity index (χ3v) is 2.90. The van der Waals surface area contributed by atoms with E-state index in [1.54, 1.807) is 7.11 Å². The molecule has 0 saturated carbocycles. The van der Waals surface area contributed by atoms with Crippen molar-refractivity contribution in [3.63, 3.8) is 0 Å². The average Bonchev–Trinajstić information content (AvgIpc) is 2.77. The van der Waals surface area contributed by atoms with Crippen LogP contribution in [0.5, 0.6) is 5.75 Å². The zero-order valence-electron chi connectivity index (χ0n) is 9.56. The van der Waals surface area contributed by atoms with Crippen LogP contribution in [0, 0.1) is 0 Å². The summed E-state index contributed by atoms with van der Waals surface area (Å²) in [5.74, 6) is 0.723. The summed E-state index contributed by atoms with van der Waals surface area (Å²) >= 11 is 1.27. The molecule has 4 nitrogen and oxygen atoms in total. The fourth-order valence-electron chi connectivity index (χ4n) is 1.41. The van der Waals surface area contributed by atoms with Crippen molar-refractivity contribution < 1.29 is 9.53 Å². The van der Waals surface area contributed by atoms with E-state index >= 15 is 0 Å². The lowest BCUT2D eigenvalue weighted by atomic mass is 10.1. The molecule has 1 heterocycles. The number of rotatable bonds is 3. The first-order chi connectivity index (χ1) is 8.19. The van der Waals surface area contributed by atoms with E-state index in [0.717, 1.165) is 22.0 Å². The number of hydrogen-bond acceptors (Lipinski definition) is 4. The number of anilines is 1. The van der Waals surface area contributed by atoms with Crippen LogP contribution in [0.1, 0.15) is 6.92 Å². The van der Waals surface area contributed by atoms with Crippen LogP contribution in [0.4, 0.5) is 5.00 Å². The van der Waals surface area contributed by atoms with Crippen molar-refractivity contribution in [3.05, 3.63) is 30.3 Å². The molecule has 0 spiro atoms. The molecule has 0 aliphatic heterocycles. The van der Waals surface area contributed by atoms with Crippen molar-refractivity contribution in [2.24, 2.45) is 0 Å². The Morgan fingerprint density at radius 3 is 2.65 bits per heavy atom. The van der Waals surface area contributed by atoms with Gasteiger partial charge < -0.3 is 10.1 Å². The molecule has 88 valence electrons. The van der Waals surface area contributed by atoms with Crippen LogP contribution in [0.15, 0.2) is 30.3 Å². The van der Waals surface area contributed by atoms with Gasteiger partial charge in [0.05, 0.1) is 12.8 Å². The largest absolute Gasteiger partial charge is 0.497 e. The van der Waals surface area contributed by atoms with Crippen LogP contribution >= 0.6 is 11.5 Å². The van der Waals surface area contributed by atoms with Crippen molar-refractivity contribution in [1.82, 2.24) is 4.37 Å². The van der Waals surface area contributed by atoms with E-state index in [1.165, 1.54) is 18.5 Å². The third kappa shape index (κ3) is 2.82. The minimum atomic E-state index is -0.0880. The van der Waals surface area contributed by atoms with Gasteiger partial charge in [0.2, 0.25) is 5.91 Å². The van der Waals surface area contributed by atoms with Gasteiger partial charge in [-0.05, 0) is 35.8 Å². The van der Waals surface area contributed by atoms with Gasteiger partial charge in [-0.3, -0.25) is 4.79 Å². The van der Waals surface area contributed by atoms with Crippen molar-refractivity contribution in [2.75, 3.05) is 12.4 Å². The number of hydrogen-bond donors (Lipinski definition) is 1. The summed E-state index contributed by atoms with van der Waals surface area (Å²) in [6.45, 7) is 1.48. The van der Waals surface area contributed by atoms with Crippen molar-refractivity contribution in [3.8, 4) is 17.0 Å². The Bertz CT molecular complexity index is 520.